The van der Waals surface area contributed by atoms with E-state index in [2.05, 4.69) is 16.1 Å². The molecule has 6 nitrogen and oxygen atoms in total. The molecule has 0 aromatic carbocycles. The van der Waals surface area contributed by atoms with Gasteiger partial charge in [0.1, 0.15) is 6.61 Å². The molecule has 0 heterocycles. The van der Waals surface area contributed by atoms with Gasteiger partial charge >= 0.3 is 11.9 Å². The minimum atomic E-state index is -0.865. The lowest BCUT2D eigenvalue weighted by atomic mass is 10.2. The molecular formula is C14H24O6. The number of hydrogen-bond donors (Lipinski definition) is 1. The van der Waals surface area contributed by atoms with Gasteiger partial charge in [0.25, 0.3) is 0 Å². The van der Waals surface area contributed by atoms with Gasteiger partial charge < -0.3 is 19.3 Å². The SMILES string of the molecule is C=C(C)C(=O)OCCOC.COCCC=C(C)C(=O)O. The second-order valence-corrected chi connectivity index (χ2v) is 3.88. The fourth-order valence-electron chi connectivity index (χ4n) is 0.821. The maximum Gasteiger partial charge on any atom is 0.333 e. The number of carboxylic acid groups (broad SMARTS) is 1. The fourth-order valence-corrected chi connectivity index (χ4v) is 0.821. The fraction of sp³-hybridized carbons (Fsp3) is 0.571. The van der Waals surface area contributed by atoms with E-state index >= 15 is 0 Å². The van der Waals surface area contributed by atoms with Crippen LogP contribution in [0.1, 0.15) is 20.3 Å². The van der Waals surface area contributed by atoms with Crippen molar-refractivity contribution in [3.63, 3.8) is 0 Å². The van der Waals surface area contributed by atoms with Gasteiger partial charge in [-0.15, -0.1) is 0 Å². The zero-order valence-corrected chi connectivity index (χ0v) is 12.6. The lowest BCUT2D eigenvalue weighted by Crippen LogP contribution is -2.09. The lowest BCUT2D eigenvalue weighted by molar-refractivity contribution is -0.140. The Labute approximate surface area is 120 Å². The predicted molar refractivity (Wildman–Crippen MR) is 75.5 cm³/mol. The molecule has 0 aliphatic rings. The average molecular weight is 288 g/mol. The van der Waals surface area contributed by atoms with E-state index < -0.39 is 5.97 Å². The third-order valence-electron chi connectivity index (χ3n) is 1.98. The number of aliphatic carboxylic acids is 1. The molecule has 0 aromatic heterocycles. The van der Waals surface area contributed by atoms with Crippen molar-refractivity contribution in [1.29, 1.82) is 0 Å². The van der Waals surface area contributed by atoms with Crippen LogP contribution in [0, 0.1) is 0 Å². The van der Waals surface area contributed by atoms with Crippen LogP contribution >= 0.6 is 0 Å². The van der Waals surface area contributed by atoms with E-state index in [1.807, 2.05) is 0 Å². The Morgan fingerprint density at radius 3 is 2.05 bits per heavy atom. The molecule has 0 fully saturated rings. The predicted octanol–water partition coefficient (Wildman–Crippen LogP) is 1.81. The van der Waals surface area contributed by atoms with Crippen LogP contribution in [0.5, 0.6) is 0 Å². The van der Waals surface area contributed by atoms with Gasteiger partial charge in [0.15, 0.2) is 0 Å². The standard InChI is InChI=1S/2C7H12O3/c1-6(2)7(8)10-5-4-9-3;1-6(7(8)9)4-3-5-10-2/h1,4-5H2,2-3H3;4H,3,5H2,1-2H3,(H,8,9). The molecule has 0 saturated carbocycles. The number of methoxy groups -OCH3 is 2. The molecule has 0 rings (SSSR count). The number of hydrogen-bond acceptors (Lipinski definition) is 5. The van der Waals surface area contributed by atoms with Crippen molar-refractivity contribution in [3.8, 4) is 0 Å². The largest absolute Gasteiger partial charge is 0.478 e. The lowest BCUT2D eigenvalue weighted by Gasteiger charge is -2.01. The molecule has 20 heavy (non-hydrogen) atoms. The van der Waals surface area contributed by atoms with Gasteiger partial charge in [-0.25, -0.2) is 9.59 Å². The highest BCUT2D eigenvalue weighted by molar-refractivity contribution is 5.86. The zero-order valence-electron chi connectivity index (χ0n) is 12.6. The molecule has 116 valence electrons. The van der Waals surface area contributed by atoms with Crippen molar-refractivity contribution in [2.75, 3.05) is 34.0 Å². The minimum Gasteiger partial charge on any atom is -0.478 e. The Morgan fingerprint density at radius 2 is 1.65 bits per heavy atom. The van der Waals surface area contributed by atoms with Crippen molar-refractivity contribution < 1.29 is 28.9 Å². The Kier molecular flexibility index (Phi) is 14.2. The molecule has 0 aromatic rings. The second kappa shape index (κ2) is 13.8. The van der Waals surface area contributed by atoms with Crippen LogP contribution in [0.3, 0.4) is 0 Å². The van der Waals surface area contributed by atoms with Crippen LogP contribution < -0.4 is 0 Å². The first-order chi connectivity index (χ1) is 9.36. The van der Waals surface area contributed by atoms with E-state index in [1.54, 1.807) is 34.1 Å². The van der Waals surface area contributed by atoms with Crippen LogP contribution in [0.4, 0.5) is 0 Å². The van der Waals surface area contributed by atoms with E-state index in [1.165, 1.54) is 0 Å². The highest BCUT2D eigenvalue weighted by Crippen LogP contribution is 1.94. The summed E-state index contributed by atoms with van der Waals surface area (Å²) in [5.41, 5.74) is 0.785. The third kappa shape index (κ3) is 14.4. The van der Waals surface area contributed by atoms with Gasteiger partial charge in [-0.1, -0.05) is 12.7 Å². The molecule has 0 amide bonds. The van der Waals surface area contributed by atoms with Crippen molar-refractivity contribution in [1.82, 2.24) is 0 Å². The minimum absolute atomic E-state index is 0.294. The maximum atomic E-state index is 10.6. The number of esters is 1. The molecule has 0 saturated heterocycles. The number of ether oxygens (including phenoxy) is 3. The summed E-state index contributed by atoms with van der Waals surface area (Å²) in [6, 6.07) is 0. The highest BCUT2D eigenvalue weighted by atomic mass is 16.6. The first kappa shape index (κ1) is 20.7. The van der Waals surface area contributed by atoms with Gasteiger partial charge in [-0.05, 0) is 20.3 Å². The highest BCUT2D eigenvalue weighted by Gasteiger charge is 2.00. The van der Waals surface area contributed by atoms with Crippen molar-refractivity contribution >= 4 is 11.9 Å². The molecule has 0 atom stereocenters. The third-order valence-corrected chi connectivity index (χ3v) is 1.98. The van der Waals surface area contributed by atoms with Crippen LogP contribution in [0.2, 0.25) is 0 Å². The molecule has 0 unspecified atom stereocenters. The van der Waals surface area contributed by atoms with E-state index in [0.717, 1.165) is 0 Å². The summed E-state index contributed by atoms with van der Waals surface area (Å²) >= 11 is 0. The monoisotopic (exact) mass is 288 g/mol. The molecule has 0 bridgehead atoms. The molecule has 0 spiro atoms. The van der Waals surface area contributed by atoms with E-state index in [0.29, 0.717) is 37.4 Å². The summed E-state index contributed by atoms with van der Waals surface area (Å²) in [7, 11) is 3.14. The summed E-state index contributed by atoms with van der Waals surface area (Å²) in [6.07, 6.45) is 2.31. The van der Waals surface area contributed by atoms with E-state index in [4.69, 9.17) is 9.84 Å². The Morgan fingerprint density at radius 1 is 1.10 bits per heavy atom. The van der Waals surface area contributed by atoms with Gasteiger partial charge in [-0.3, -0.25) is 0 Å². The first-order valence-corrected chi connectivity index (χ1v) is 6.07. The number of carbonyl (C=O) groups is 2. The van der Waals surface area contributed by atoms with Crippen molar-refractivity contribution in [2.45, 2.75) is 20.3 Å². The van der Waals surface area contributed by atoms with Crippen LogP contribution in [0.15, 0.2) is 23.8 Å². The average Bonchev–Trinajstić information content (AvgIpc) is 2.39. The van der Waals surface area contributed by atoms with Gasteiger partial charge in [0.05, 0.1) is 6.61 Å². The normalized spacial score (nSPS) is 10.3. The molecule has 0 radical (unpaired) electrons. The number of carbonyl (C=O) groups excluding carboxylic acids is 1. The van der Waals surface area contributed by atoms with Gasteiger partial charge in [0.2, 0.25) is 0 Å². The van der Waals surface area contributed by atoms with Gasteiger partial charge in [-0.2, -0.15) is 0 Å². The Balaban J connectivity index is 0. The quantitative estimate of drug-likeness (QED) is 0.417. The summed E-state index contributed by atoms with van der Waals surface area (Å²) in [5.74, 6) is -1.23. The molecule has 6 heteroatoms. The Hall–Kier alpha value is -1.66. The number of rotatable bonds is 8. The topological polar surface area (TPSA) is 82.1 Å². The summed E-state index contributed by atoms with van der Waals surface area (Å²) in [6.45, 7) is 7.89. The Bertz CT molecular complexity index is 333. The number of carboxylic acids is 1. The summed E-state index contributed by atoms with van der Waals surface area (Å²) in [4.78, 5) is 20.8. The molecule has 0 aliphatic heterocycles. The van der Waals surface area contributed by atoms with E-state index in [-0.39, 0.29) is 5.97 Å². The van der Waals surface area contributed by atoms with Crippen molar-refractivity contribution in [3.05, 3.63) is 23.8 Å². The zero-order chi connectivity index (χ0) is 16.0. The van der Waals surface area contributed by atoms with Crippen LogP contribution in [-0.2, 0) is 23.8 Å². The second-order valence-electron chi connectivity index (χ2n) is 3.88. The smallest absolute Gasteiger partial charge is 0.333 e. The van der Waals surface area contributed by atoms with E-state index in [9.17, 15) is 9.59 Å². The maximum absolute atomic E-state index is 10.6. The molecule has 1 N–H and O–H groups in total. The van der Waals surface area contributed by atoms with Crippen LogP contribution in [-0.4, -0.2) is 51.1 Å². The van der Waals surface area contributed by atoms with Crippen LogP contribution in [0.25, 0.3) is 0 Å². The summed E-state index contributed by atoms with van der Waals surface area (Å²) < 4.78 is 14.1. The van der Waals surface area contributed by atoms with Gasteiger partial charge in [0, 0.05) is 32.0 Å². The summed E-state index contributed by atoms with van der Waals surface area (Å²) in [5, 5.41) is 8.37. The molecular weight excluding hydrogens is 264 g/mol. The first-order valence-electron chi connectivity index (χ1n) is 6.07. The molecule has 0 aliphatic carbocycles. The van der Waals surface area contributed by atoms with Crippen molar-refractivity contribution in [2.24, 2.45) is 0 Å².